The summed E-state index contributed by atoms with van der Waals surface area (Å²) < 4.78 is 32.0. The summed E-state index contributed by atoms with van der Waals surface area (Å²) in [5.74, 6) is -0.243. The van der Waals surface area contributed by atoms with Gasteiger partial charge in [0.1, 0.15) is 6.26 Å². The van der Waals surface area contributed by atoms with E-state index in [0.29, 0.717) is 25.9 Å². The molecule has 8 nitrogen and oxygen atoms in total. The molecule has 0 saturated heterocycles. The van der Waals surface area contributed by atoms with Gasteiger partial charge in [0.2, 0.25) is 10.0 Å². The molecule has 0 spiro atoms. The number of carbonyl (C=O) groups is 1. The number of fused-ring (bicyclic) bond motifs is 1. The molecule has 1 aromatic carbocycles. The Morgan fingerprint density at radius 2 is 2.19 bits per heavy atom. The van der Waals surface area contributed by atoms with Crippen molar-refractivity contribution in [3.8, 4) is 0 Å². The Labute approximate surface area is 151 Å². The molecule has 140 valence electrons. The van der Waals surface area contributed by atoms with E-state index in [1.54, 1.807) is 30.0 Å². The van der Waals surface area contributed by atoms with E-state index >= 15 is 0 Å². The molecule has 2 heterocycles. The fourth-order valence-corrected chi connectivity index (χ4v) is 3.94. The van der Waals surface area contributed by atoms with Crippen molar-refractivity contribution in [3.63, 3.8) is 0 Å². The maximum atomic E-state index is 12.4. The van der Waals surface area contributed by atoms with Crippen LogP contribution in [0.4, 0.5) is 0 Å². The van der Waals surface area contributed by atoms with Gasteiger partial charge in [-0.15, -0.1) is 0 Å². The zero-order valence-corrected chi connectivity index (χ0v) is 15.2. The first kappa shape index (κ1) is 18.6. The fraction of sp³-hybridized carbons (Fsp3) is 0.412. The van der Waals surface area contributed by atoms with E-state index in [4.69, 9.17) is 4.52 Å². The van der Waals surface area contributed by atoms with Gasteiger partial charge in [-0.05, 0) is 43.0 Å². The van der Waals surface area contributed by atoms with Gasteiger partial charge < -0.3 is 14.5 Å². The number of nitrogens with one attached hydrogen (secondary N) is 1. The monoisotopic (exact) mass is 379 g/mol. The van der Waals surface area contributed by atoms with Crippen LogP contribution < -0.4 is 4.72 Å². The van der Waals surface area contributed by atoms with Crippen LogP contribution in [0.2, 0.25) is 0 Å². The van der Waals surface area contributed by atoms with E-state index in [0.717, 1.165) is 11.1 Å². The Bertz CT molecular complexity index is 878. The standard InChI is InChI=1S/C17H21N3O5S/c1-12(21)4-7-18-26(23,24)15-3-2-13-5-8-20(11-14(13)10-15)17(22)16-6-9-25-19-16/h2-3,6,9-10,12,18,21H,4-5,7-8,11H2,1H3. The number of hydrogen-bond acceptors (Lipinski definition) is 6. The molecule has 0 radical (unpaired) electrons. The fourth-order valence-electron chi connectivity index (χ4n) is 2.84. The Morgan fingerprint density at radius 3 is 2.88 bits per heavy atom. The van der Waals surface area contributed by atoms with Crippen LogP contribution in [0.15, 0.2) is 39.9 Å². The third kappa shape index (κ3) is 4.12. The number of aromatic nitrogens is 1. The summed E-state index contributed by atoms with van der Waals surface area (Å²) in [6.07, 6.45) is 1.76. The molecule has 26 heavy (non-hydrogen) atoms. The second-order valence-corrected chi connectivity index (χ2v) is 8.09. The highest BCUT2D eigenvalue weighted by Gasteiger charge is 2.25. The van der Waals surface area contributed by atoms with E-state index in [1.165, 1.54) is 12.3 Å². The van der Waals surface area contributed by atoms with Crippen molar-refractivity contribution in [1.29, 1.82) is 0 Å². The highest BCUT2D eigenvalue weighted by molar-refractivity contribution is 7.89. The lowest BCUT2D eigenvalue weighted by molar-refractivity contribution is 0.0724. The first-order valence-corrected chi connectivity index (χ1v) is 9.84. The summed E-state index contributed by atoms with van der Waals surface area (Å²) in [5, 5.41) is 12.9. The first-order chi connectivity index (χ1) is 12.4. The normalized spacial score (nSPS) is 15.5. The van der Waals surface area contributed by atoms with Gasteiger partial charge in [0, 0.05) is 25.7 Å². The van der Waals surface area contributed by atoms with Gasteiger partial charge in [-0.1, -0.05) is 11.2 Å². The maximum Gasteiger partial charge on any atom is 0.276 e. The maximum absolute atomic E-state index is 12.4. The summed E-state index contributed by atoms with van der Waals surface area (Å²) in [4.78, 5) is 14.2. The summed E-state index contributed by atoms with van der Waals surface area (Å²) in [7, 11) is -3.66. The minimum atomic E-state index is -3.66. The van der Waals surface area contributed by atoms with E-state index in [9.17, 15) is 18.3 Å². The topological polar surface area (TPSA) is 113 Å². The zero-order chi connectivity index (χ0) is 18.7. The van der Waals surface area contributed by atoms with Gasteiger partial charge in [-0.25, -0.2) is 13.1 Å². The van der Waals surface area contributed by atoms with Crippen molar-refractivity contribution in [2.45, 2.75) is 37.3 Å². The largest absolute Gasteiger partial charge is 0.393 e. The average molecular weight is 379 g/mol. The van der Waals surface area contributed by atoms with Crippen LogP contribution in [-0.2, 0) is 23.0 Å². The van der Waals surface area contributed by atoms with Crippen LogP contribution in [0, 0.1) is 0 Å². The molecule has 1 aliphatic heterocycles. The number of rotatable bonds is 6. The van der Waals surface area contributed by atoms with Crippen molar-refractivity contribution >= 4 is 15.9 Å². The lowest BCUT2D eigenvalue weighted by Gasteiger charge is -2.28. The average Bonchev–Trinajstić information content (AvgIpc) is 3.14. The molecule has 0 aliphatic carbocycles. The van der Waals surface area contributed by atoms with Crippen molar-refractivity contribution in [1.82, 2.24) is 14.8 Å². The summed E-state index contributed by atoms with van der Waals surface area (Å²) in [6.45, 7) is 2.62. The molecule has 3 rings (SSSR count). The number of aliphatic hydroxyl groups excluding tert-OH is 1. The Kier molecular flexibility index (Phi) is 5.40. The Hall–Kier alpha value is -2.23. The quantitative estimate of drug-likeness (QED) is 0.772. The van der Waals surface area contributed by atoms with Crippen molar-refractivity contribution in [2.75, 3.05) is 13.1 Å². The summed E-state index contributed by atoms with van der Waals surface area (Å²) >= 11 is 0. The minimum Gasteiger partial charge on any atom is -0.393 e. The predicted molar refractivity (Wildman–Crippen MR) is 92.9 cm³/mol. The van der Waals surface area contributed by atoms with Crippen molar-refractivity contribution in [2.24, 2.45) is 0 Å². The van der Waals surface area contributed by atoms with Crippen LogP contribution in [0.25, 0.3) is 0 Å². The van der Waals surface area contributed by atoms with Gasteiger partial charge in [-0.3, -0.25) is 4.79 Å². The molecule has 1 aromatic heterocycles. The van der Waals surface area contributed by atoms with Gasteiger partial charge in [0.05, 0.1) is 11.0 Å². The minimum absolute atomic E-state index is 0.151. The number of nitrogens with zero attached hydrogens (tertiary/aromatic N) is 2. The van der Waals surface area contributed by atoms with Crippen LogP contribution >= 0.6 is 0 Å². The molecular weight excluding hydrogens is 358 g/mol. The molecule has 0 bridgehead atoms. The number of carbonyl (C=O) groups excluding carboxylic acids is 1. The van der Waals surface area contributed by atoms with Crippen molar-refractivity contribution in [3.05, 3.63) is 47.3 Å². The number of amides is 1. The van der Waals surface area contributed by atoms with Crippen LogP contribution in [0.5, 0.6) is 0 Å². The third-order valence-corrected chi connectivity index (χ3v) is 5.76. The zero-order valence-electron chi connectivity index (χ0n) is 14.4. The second kappa shape index (κ2) is 7.56. The lowest BCUT2D eigenvalue weighted by atomic mass is 9.99. The van der Waals surface area contributed by atoms with Gasteiger partial charge in [0.15, 0.2) is 5.69 Å². The van der Waals surface area contributed by atoms with E-state index < -0.39 is 16.1 Å². The van der Waals surface area contributed by atoms with Crippen molar-refractivity contribution < 1.29 is 22.8 Å². The molecule has 1 unspecified atom stereocenters. The Morgan fingerprint density at radius 1 is 1.38 bits per heavy atom. The SMILES string of the molecule is CC(O)CCNS(=O)(=O)c1ccc2c(c1)CN(C(=O)c1ccon1)CC2. The van der Waals surface area contributed by atoms with E-state index in [1.807, 2.05) is 0 Å². The molecule has 2 aromatic rings. The molecular formula is C17H21N3O5S. The number of hydrogen-bond donors (Lipinski definition) is 2. The number of benzene rings is 1. The molecule has 1 atom stereocenters. The predicted octanol–water partition coefficient (Wildman–Crippen LogP) is 0.922. The third-order valence-electron chi connectivity index (χ3n) is 4.30. The summed E-state index contributed by atoms with van der Waals surface area (Å²) in [5.41, 5.74) is 2.06. The molecule has 0 saturated carbocycles. The number of aliphatic hydroxyl groups is 1. The number of sulfonamides is 1. The second-order valence-electron chi connectivity index (χ2n) is 6.33. The van der Waals surface area contributed by atoms with Gasteiger partial charge >= 0.3 is 0 Å². The Balaban J connectivity index is 1.76. The van der Waals surface area contributed by atoms with Crippen LogP contribution in [-0.4, -0.2) is 48.7 Å². The van der Waals surface area contributed by atoms with Crippen LogP contribution in [0.1, 0.15) is 35.0 Å². The molecule has 1 amide bonds. The molecule has 2 N–H and O–H groups in total. The highest BCUT2D eigenvalue weighted by atomic mass is 32.2. The summed E-state index contributed by atoms with van der Waals surface area (Å²) in [6, 6.07) is 6.46. The lowest BCUT2D eigenvalue weighted by Crippen LogP contribution is -2.36. The highest BCUT2D eigenvalue weighted by Crippen LogP contribution is 2.23. The molecule has 0 fully saturated rings. The molecule has 9 heteroatoms. The van der Waals surface area contributed by atoms with Gasteiger partial charge in [0.25, 0.3) is 5.91 Å². The first-order valence-electron chi connectivity index (χ1n) is 8.36. The van der Waals surface area contributed by atoms with E-state index in [2.05, 4.69) is 9.88 Å². The molecule has 1 aliphatic rings. The van der Waals surface area contributed by atoms with Gasteiger partial charge in [-0.2, -0.15) is 0 Å². The van der Waals surface area contributed by atoms with Crippen LogP contribution in [0.3, 0.4) is 0 Å². The smallest absolute Gasteiger partial charge is 0.276 e. The van der Waals surface area contributed by atoms with E-state index in [-0.39, 0.29) is 23.0 Å².